The molecule has 2 amide bonds. The van der Waals surface area contributed by atoms with Crippen molar-refractivity contribution >= 4 is 17.5 Å². The Morgan fingerprint density at radius 2 is 2.00 bits per heavy atom. The summed E-state index contributed by atoms with van der Waals surface area (Å²) in [7, 11) is 1.49. The third kappa shape index (κ3) is 4.54. The molecule has 2 N–H and O–H groups in total. The number of hydrogen-bond donors (Lipinski definition) is 2. The number of halogens is 1. The van der Waals surface area contributed by atoms with E-state index in [1.54, 1.807) is 24.3 Å². The van der Waals surface area contributed by atoms with E-state index in [1.165, 1.54) is 26.2 Å². The van der Waals surface area contributed by atoms with Crippen LogP contribution in [0.5, 0.6) is 5.75 Å². The first-order chi connectivity index (χ1) is 11.9. The number of ether oxygens (including phenoxy) is 1. The van der Waals surface area contributed by atoms with Crippen molar-refractivity contribution in [3.8, 4) is 11.8 Å². The van der Waals surface area contributed by atoms with Crippen molar-refractivity contribution in [2.75, 3.05) is 12.4 Å². The Morgan fingerprint density at radius 3 is 2.64 bits per heavy atom. The third-order valence-corrected chi connectivity index (χ3v) is 3.38. The van der Waals surface area contributed by atoms with Crippen molar-refractivity contribution in [1.29, 1.82) is 5.26 Å². The molecular weight excluding hydrogens is 325 g/mol. The van der Waals surface area contributed by atoms with E-state index in [4.69, 9.17) is 10.00 Å². The Labute approximate surface area is 144 Å². The number of anilines is 1. The Morgan fingerprint density at radius 1 is 1.24 bits per heavy atom. The Kier molecular flexibility index (Phi) is 5.69. The van der Waals surface area contributed by atoms with Gasteiger partial charge in [0.1, 0.15) is 17.6 Å². The largest absolute Gasteiger partial charge is 0.495 e. The highest BCUT2D eigenvalue weighted by molar-refractivity contribution is 5.94. The van der Waals surface area contributed by atoms with Crippen molar-refractivity contribution in [2.24, 2.45) is 0 Å². The molecule has 2 rings (SSSR count). The smallest absolute Gasteiger partial charge is 0.251 e. The van der Waals surface area contributed by atoms with Crippen LogP contribution in [0.15, 0.2) is 36.4 Å². The summed E-state index contributed by atoms with van der Waals surface area (Å²) in [6, 6.07) is 10.4. The van der Waals surface area contributed by atoms with Crippen molar-refractivity contribution in [3.63, 3.8) is 0 Å². The van der Waals surface area contributed by atoms with Gasteiger partial charge in [-0.3, -0.25) is 9.59 Å². The molecule has 7 heteroatoms. The van der Waals surface area contributed by atoms with Crippen LogP contribution in [0, 0.1) is 17.1 Å². The molecule has 0 heterocycles. The summed E-state index contributed by atoms with van der Waals surface area (Å²) in [6.45, 7) is 1.57. The highest BCUT2D eigenvalue weighted by atomic mass is 19.1. The second kappa shape index (κ2) is 7.93. The van der Waals surface area contributed by atoms with Gasteiger partial charge < -0.3 is 15.4 Å². The molecule has 0 fully saturated rings. The number of carbonyl (C=O) groups is 2. The fraction of sp³-hybridized carbons (Fsp3) is 0.167. The van der Waals surface area contributed by atoms with Gasteiger partial charge in [-0.05, 0) is 35.9 Å². The lowest BCUT2D eigenvalue weighted by molar-refractivity contribution is -0.114. The minimum absolute atomic E-state index is 0.188. The van der Waals surface area contributed by atoms with Gasteiger partial charge in [0.2, 0.25) is 5.91 Å². The summed E-state index contributed by atoms with van der Waals surface area (Å²) in [4.78, 5) is 23.4. The average Bonchev–Trinajstić information content (AvgIpc) is 2.59. The molecule has 0 saturated carbocycles. The van der Waals surface area contributed by atoms with Crippen molar-refractivity contribution < 1.29 is 18.7 Å². The van der Waals surface area contributed by atoms with E-state index in [0.29, 0.717) is 11.4 Å². The highest BCUT2D eigenvalue weighted by Crippen LogP contribution is 2.25. The lowest BCUT2D eigenvalue weighted by Crippen LogP contribution is -2.23. The minimum atomic E-state index is -0.672. The SMILES string of the molecule is COc1ccc(CNC(=O)c2ccc(F)c(C#N)c2)cc1NC(C)=O. The number of nitrogens with one attached hydrogen (secondary N) is 2. The van der Waals surface area contributed by atoms with Gasteiger partial charge in [-0.2, -0.15) is 5.26 Å². The fourth-order valence-electron chi connectivity index (χ4n) is 2.19. The van der Waals surface area contributed by atoms with E-state index >= 15 is 0 Å². The molecule has 0 aliphatic rings. The zero-order chi connectivity index (χ0) is 18.4. The van der Waals surface area contributed by atoms with Gasteiger partial charge in [0.15, 0.2) is 0 Å². The topological polar surface area (TPSA) is 91.2 Å². The second-order valence-corrected chi connectivity index (χ2v) is 5.20. The molecule has 0 atom stereocenters. The molecule has 0 radical (unpaired) electrons. The maximum atomic E-state index is 13.3. The lowest BCUT2D eigenvalue weighted by Gasteiger charge is -2.12. The molecule has 2 aromatic rings. The van der Waals surface area contributed by atoms with Crippen molar-refractivity contribution in [1.82, 2.24) is 5.32 Å². The van der Waals surface area contributed by atoms with E-state index in [2.05, 4.69) is 10.6 Å². The summed E-state index contributed by atoms with van der Waals surface area (Å²) in [6.07, 6.45) is 0. The zero-order valence-electron chi connectivity index (χ0n) is 13.7. The van der Waals surface area contributed by atoms with Gasteiger partial charge in [-0.25, -0.2) is 4.39 Å². The summed E-state index contributed by atoms with van der Waals surface area (Å²) in [5.74, 6) is -0.847. The summed E-state index contributed by atoms with van der Waals surface area (Å²) < 4.78 is 18.5. The molecule has 128 valence electrons. The molecule has 6 nitrogen and oxygen atoms in total. The van der Waals surface area contributed by atoms with Gasteiger partial charge in [0.25, 0.3) is 5.91 Å². The van der Waals surface area contributed by atoms with E-state index in [-0.39, 0.29) is 23.6 Å². The first-order valence-electron chi connectivity index (χ1n) is 7.37. The molecular formula is C18H16FN3O3. The first-order valence-corrected chi connectivity index (χ1v) is 7.37. The lowest BCUT2D eigenvalue weighted by atomic mass is 10.1. The van der Waals surface area contributed by atoms with Crippen LogP contribution in [0.1, 0.15) is 28.4 Å². The van der Waals surface area contributed by atoms with E-state index in [9.17, 15) is 14.0 Å². The first kappa shape index (κ1) is 17.9. The summed E-state index contributed by atoms with van der Waals surface area (Å²) in [5, 5.41) is 14.1. The standard InChI is InChI=1S/C18H16FN3O3/c1-11(23)22-16-7-12(3-6-17(16)25-2)10-21-18(24)13-4-5-15(19)14(8-13)9-20/h3-8H,10H2,1-2H3,(H,21,24)(H,22,23). The predicted molar refractivity (Wildman–Crippen MR) is 89.6 cm³/mol. The van der Waals surface area contributed by atoms with Crippen LogP contribution in [0.25, 0.3) is 0 Å². The molecule has 0 aromatic heterocycles. The number of carbonyl (C=O) groups excluding carboxylic acids is 2. The number of hydrogen-bond acceptors (Lipinski definition) is 4. The van der Waals surface area contributed by atoms with Crippen LogP contribution in [0.3, 0.4) is 0 Å². The van der Waals surface area contributed by atoms with Crippen LogP contribution in [-0.4, -0.2) is 18.9 Å². The van der Waals surface area contributed by atoms with Gasteiger partial charge in [0, 0.05) is 19.0 Å². The van der Waals surface area contributed by atoms with Gasteiger partial charge in [-0.15, -0.1) is 0 Å². The van der Waals surface area contributed by atoms with Crippen LogP contribution in [0.2, 0.25) is 0 Å². The maximum Gasteiger partial charge on any atom is 0.251 e. The molecule has 0 unspecified atom stereocenters. The van der Waals surface area contributed by atoms with Gasteiger partial charge in [-0.1, -0.05) is 6.07 Å². The van der Waals surface area contributed by atoms with Crippen LogP contribution in [0.4, 0.5) is 10.1 Å². The van der Waals surface area contributed by atoms with Crippen LogP contribution < -0.4 is 15.4 Å². The van der Waals surface area contributed by atoms with Gasteiger partial charge in [0.05, 0.1) is 18.4 Å². The predicted octanol–water partition coefficient (Wildman–Crippen LogP) is 2.59. The summed E-state index contributed by atoms with van der Waals surface area (Å²) >= 11 is 0. The molecule has 0 spiro atoms. The second-order valence-electron chi connectivity index (χ2n) is 5.20. The van der Waals surface area contributed by atoms with Crippen LogP contribution >= 0.6 is 0 Å². The quantitative estimate of drug-likeness (QED) is 0.874. The number of nitrogens with zero attached hydrogens (tertiary/aromatic N) is 1. The van der Waals surface area contributed by atoms with Crippen LogP contribution in [-0.2, 0) is 11.3 Å². The Balaban J connectivity index is 2.11. The number of methoxy groups -OCH3 is 1. The molecule has 0 aliphatic heterocycles. The fourth-order valence-corrected chi connectivity index (χ4v) is 2.19. The van der Waals surface area contributed by atoms with Crippen molar-refractivity contribution in [2.45, 2.75) is 13.5 Å². The average molecular weight is 341 g/mol. The number of nitriles is 1. The Hall–Kier alpha value is -3.40. The monoisotopic (exact) mass is 341 g/mol. The van der Waals surface area contributed by atoms with E-state index in [1.807, 2.05) is 0 Å². The third-order valence-electron chi connectivity index (χ3n) is 3.38. The molecule has 0 saturated heterocycles. The molecule has 0 bridgehead atoms. The Bertz CT molecular complexity index is 859. The van der Waals surface area contributed by atoms with E-state index in [0.717, 1.165) is 11.6 Å². The number of rotatable bonds is 5. The number of benzene rings is 2. The molecule has 2 aromatic carbocycles. The van der Waals surface area contributed by atoms with Crippen molar-refractivity contribution in [3.05, 3.63) is 58.9 Å². The molecule has 25 heavy (non-hydrogen) atoms. The molecule has 0 aliphatic carbocycles. The zero-order valence-corrected chi connectivity index (χ0v) is 13.7. The normalized spacial score (nSPS) is 9.84. The minimum Gasteiger partial charge on any atom is -0.495 e. The highest BCUT2D eigenvalue weighted by Gasteiger charge is 2.11. The maximum absolute atomic E-state index is 13.3. The number of amides is 2. The summed E-state index contributed by atoms with van der Waals surface area (Å²) in [5.41, 5.74) is 1.23. The van der Waals surface area contributed by atoms with Gasteiger partial charge >= 0.3 is 0 Å². The van der Waals surface area contributed by atoms with E-state index < -0.39 is 11.7 Å².